The molecule has 210 valence electrons. The number of amides is 4. The summed E-state index contributed by atoms with van der Waals surface area (Å²) >= 11 is 1.66. The summed E-state index contributed by atoms with van der Waals surface area (Å²) in [6, 6.07) is 21.3. The summed E-state index contributed by atoms with van der Waals surface area (Å²) in [5.74, 6) is -0.501. The van der Waals surface area contributed by atoms with Gasteiger partial charge < -0.3 is 26.6 Å². The number of carbonyl (C=O) groups is 3. The molecule has 0 unspecified atom stereocenters. The molecule has 1 aliphatic heterocycles. The second-order valence-corrected chi connectivity index (χ2v) is 11.4. The molecular formula is C31H37N5O3S. The minimum absolute atomic E-state index is 0.150. The first-order valence-electron chi connectivity index (χ1n) is 13.3. The summed E-state index contributed by atoms with van der Waals surface area (Å²) in [5.41, 5.74) is 10.9. The monoisotopic (exact) mass is 559 g/mol. The zero-order valence-electron chi connectivity index (χ0n) is 23.4. The van der Waals surface area contributed by atoms with Crippen LogP contribution in [0.3, 0.4) is 0 Å². The van der Waals surface area contributed by atoms with E-state index in [1.165, 1.54) is 0 Å². The van der Waals surface area contributed by atoms with Crippen molar-refractivity contribution in [1.29, 1.82) is 0 Å². The highest BCUT2D eigenvalue weighted by molar-refractivity contribution is 7.98. The average Bonchev–Trinajstić information content (AvgIpc) is 3.07. The summed E-state index contributed by atoms with van der Waals surface area (Å²) in [6.07, 6.45) is 3.20. The van der Waals surface area contributed by atoms with Gasteiger partial charge in [0.1, 0.15) is 6.04 Å². The number of anilines is 1. The summed E-state index contributed by atoms with van der Waals surface area (Å²) in [7, 11) is 1.59. The zero-order chi connectivity index (χ0) is 28.9. The molecule has 0 spiro atoms. The van der Waals surface area contributed by atoms with Gasteiger partial charge >= 0.3 is 6.03 Å². The first-order chi connectivity index (χ1) is 19.1. The molecule has 1 atom stereocenters. The normalized spacial score (nSPS) is 15.2. The van der Waals surface area contributed by atoms with Gasteiger partial charge in [-0.1, -0.05) is 48.5 Å². The van der Waals surface area contributed by atoms with Crippen LogP contribution in [0.5, 0.6) is 0 Å². The fourth-order valence-corrected chi connectivity index (χ4v) is 5.18. The lowest BCUT2D eigenvalue weighted by atomic mass is 9.98. The average molecular weight is 560 g/mol. The molecule has 1 heterocycles. The van der Waals surface area contributed by atoms with E-state index in [4.69, 9.17) is 5.73 Å². The van der Waals surface area contributed by atoms with Crippen LogP contribution in [0.1, 0.15) is 37.0 Å². The van der Waals surface area contributed by atoms with Gasteiger partial charge in [-0.15, -0.1) is 11.8 Å². The van der Waals surface area contributed by atoms with Gasteiger partial charge in [-0.05, 0) is 79.0 Å². The van der Waals surface area contributed by atoms with Crippen molar-refractivity contribution in [2.45, 2.75) is 56.3 Å². The molecule has 4 rings (SSSR count). The second-order valence-electron chi connectivity index (χ2n) is 10.5. The van der Waals surface area contributed by atoms with E-state index < -0.39 is 11.6 Å². The Morgan fingerprint density at radius 3 is 2.48 bits per heavy atom. The van der Waals surface area contributed by atoms with Gasteiger partial charge in [-0.25, -0.2) is 4.79 Å². The third kappa shape index (κ3) is 6.84. The fourth-order valence-electron chi connectivity index (χ4n) is 4.72. The highest BCUT2D eigenvalue weighted by Crippen LogP contribution is 2.32. The van der Waals surface area contributed by atoms with Crippen molar-refractivity contribution in [2.75, 3.05) is 18.2 Å². The minimum Gasteiger partial charge on any atom is -0.343 e. The molecule has 0 saturated carbocycles. The minimum atomic E-state index is -1.09. The maximum absolute atomic E-state index is 13.8. The molecular weight excluding hydrogens is 522 g/mol. The first-order valence-corrected chi connectivity index (χ1v) is 14.5. The molecule has 0 saturated heterocycles. The molecule has 0 aliphatic carbocycles. The lowest BCUT2D eigenvalue weighted by molar-refractivity contribution is -0.130. The summed E-state index contributed by atoms with van der Waals surface area (Å²) in [6.45, 7) is 4.04. The van der Waals surface area contributed by atoms with E-state index in [-0.39, 0.29) is 17.8 Å². The van der Waals surface area contributed by atoms with Gasteiger partial charge in [-0.2, -0.15) is 0 Å². The Balaban J connectivity index is 1.61. The van der Waals surface area contributed by atoms with Crippen molar-refractivity contribution in [1.82, 2.24) is 16.0 Å². The molecule has 5 N–H and O–H groups in total. The molecule has 40 heavy (non-hydrogen) atoms. The molecule has 3 aromatic rings. The molecule has 1 aliphatic rings. The number of benzene rings is 3. The van der Waals surface area contributed by atoms with Gasteiger partial charge in [0.15, 0.2) is 0 Å². The van der Waals surface area contributed by atoms with E-state index >= 15 is 0 Å². The Bertz CT molecular complexity index is 1380. The number of aryl methyl sites for hydroxylation is 1. The molecule has 9 heteroatoms. The lowest BCUT2D eigenvalue weighted by Crippen LogP contribution is -2.56. The third-order valence-corrected chi connectivity index (χ3v) is 7.75. The number of nitrogens with two attached hydrogens (primary N) is 1. The third-order valence-electron chi connectivity index (χ3n) is 7.02. The molecule has 3 aromatic carbocycles. The second kappa shape index (κ2) is 12.6. The summed E-state index contributed by atoms with van der Waals surface area (Å²) in [4.78, 5) is 41.1. The molecule has 0 radical (unpaired) electrons. The number of urea groups is 1. The number of hydrogen-bond donors (Lipinski definition) is 4. The maximum Gasteiger partial charge on any atom is 0.314 e. The van der Waals surface area contributed by atoms with E-state index in [2.05, 4.69) is 22.0 Å². The predicted octanol–water partition coefficient (Wildman–Crippen LogP) is 4.21. The standard InChI is InChI=1S/C31H37N5O3S/c1-31(2,32)29(38)35-26-15-13-22-17-24(40-4)14-16-27(22)36(28(26)37)19-20-9-11-21(12-10-20)25-8-6-5-7-23(25)18-34-30(39)33-3/h5-12,14,16-17,26H,13,15,18-19,32H2,1-4H3,(H,35,38)(H2,33,34,39)/t26-/m1/s1. The van der Waals surface area contributed by atoms with Crippen LogP contribution >= 0.6 is 11.8 Å². The van der Waals surface area contributed by atoms with Gasteiger partial charge in [-0.3, -0.25) is 9.59 Å². The number of rotatable bonds is 8. The molecule has 8 nitrogen and oxygen atoms in total. The van der Waals surface area contributed by atoms with Crippen LogP contribution in [0.2, 0.25) is 0 Å². The van der Waals surface area contributed by atoms with Gasteiger partial charge in [0.05, 0.1) is 12.1 Å². The Morgan fingerprint density at radius 2 is 1.80 bits per heavy atom. The van der Waals surface area contributed by atoms with Gasteiger partial charge in [0.25, 0.3) is 0 Å². The first kappa shape index (κ1) is 29.2. The Hall–Kier alpha value is -3.82. The van der Waals surface area contributed by atoms with Crippen molar-refractivity contribution >= 4 is 35.3 Å². The Kier molecular flexibility index (Phi) is 9.17. The number of carbonyl (C=O) groups excluding carboxylic acids is 3. The van der Waals surface area contributed by atoms with Crippen molar-refractivity contribution in [3.8, 4) is 11.1 Å². The lowest BCUT2D eigenvalue weighted by Gasteiger charge is -2.28. The zero-order valence-corrected chi connectivity index (χ0v) is 24.2. The molecule has 0 aromatic heterocycles. The van der Waals surface area contributed by atoms with E-state index in [0.29, 0.717) is 25.9 Å². The van der Waals surface area contributed by atoms with Crippen LogP contribution in [0.25, 0.3) is 11.1 Å². The summed E-state index contributed by atoms with van der Waals surface area (Å²) in [5, 5.41) is 8.31. The number of thioether (sulfide) groups is 1. The number of hydrogen-bond acceptors (Lipinski definition) is 5. The largest absolute Gasteiger partial charge is 0.343 e. The van der Waals surface area contributed by atoms with Crippen LogP contribution in [0.15, 0.2) is 71.6 Å². The van der Waals surface area contributed by atoms with Crippen LogP contribution in [-0.4, -0.2) is 42.7 Å². The van der Waals surface area contributed by atoms with Gasteiger partial charge in [0.2, 0.25) is 11.8 Å². The number of nitrogens with zero attached hydrogens (tertiary/aromatic N) is 1. The fraction of sp³-hybridized carbons (Fsp3) is 0.323. The Morgan fingerprint density at radius 1 is 1.07 bits per heavy atom. The molecule has 0 fully saturated rings. The highest BCUT2D eigenvalue weighted by atomic mass is 32.2. The smallest absolute Gasteiger partial charge is 0.314 e. The number of fused-ring (bicyclic) bond motifs is 1. The van der Waals surface area contributed by atoms with E-state index in [9.17, 15) is 14.4 Å². The summed E-state index contributed by atoms with van der Waals surface area (Å²) < 4.78 is 0. The van der Waals surface area contributed by atoms with Crippen LogP contribution in [-0.2, 0) is 29.1 Å². The molecule has 4 amide bonds. The van der Waals surface area contributed by atoms with Gasteiger partial charge in [0, 0.05) is 24.2 Å². The topological polar surface area (TPSA) is 117 Å². The van der Waals surface area contributed by atoms with E-state index in [1.807, 2.05) is 66.9 Å². The van der Waals surface area contributed by atoms with Crippen molar-refractivity contribution < 1.29 is 14.4 Å². The maximum atomic E-state index is 13.8. The quantitative estimate of drug-likeness (QED) is 0.309. The SMILES string of the molecule is CNC(=O)NCc1ccccc1-c1ccc(CN2C(=O)[C@H](NC(=O)C(C)(C)N)CCc3cc(SC)ccc32)cc1. The van der Waals surface area contributed by atoms with E-state index in [0.717, 1.165) is 38.4 Å². The molecule has 0 bridgehead atoms. The van der Waals surface area contributed by atoms with E-state index in [1.54, 1.807) is 37.6 Å². The number of nitrogens with one attached hydrogen (secondary N) is 3. The van der Waals surface area contributed by atoms with Crippen molar-refractivity contribution in [2.24, 2.45) is 5.73 Å². The Labute approximate surface area is 240 Å². The van der Waals surface area contributed by atoms with Crippen LogP contribution < -0.4 is 26.6 Å². The van der Waals surface area contributed by atoms with Crippen molar-refractivity contribution in [3.05, 3.63) is 83.4 Å². The van der Waals surface area contributed by atoms with Crippen molar-refractivity contribution in [3.63, 3.8) is 0 Å². The predicted molar refractivity (Wildman–Crippen MR) is 161 cm³/mol. The van der Waals surface area contributed by atoms with Crippen LogP contribution in [0, 0.1) is 0 Å². The highest BCUT2D eigenvalue weighted by Gasteiger charge is 2.34. The van der Waals surface area contributed by atoms with Crippen LogP contribution in [0.4, 0.5) is 10.5 Å².